The van der Waals surface area contributed by atoms with E-state index in [4.69, 9.17) is 4.42 Å². The Hall–Kier alpha value is -3.86. The largest absolute Gasteiger partial charge is 0.508 e. The van der Waals surface area contributed by atoms with E-state index in [0.29, 0.717) is 28.6 Å². The monoisotopic (exact) mass is 411 g/mol. The molecule has 1 N–H and O–H groups in total. The summed E-state index contributed by atoms with van der Waals surface area (Å²) in [4.78, 5) is 28.6. The van der Waals surface area contributed by atoms with Crippen molar-refractivity contribution in [3.63, 3.8) is 0 Å². The number of aromatic hydroxyl groups is 1. The fourth-order valence-corrected chi connectivity index (χ4v) is 4.23. The van der Waals surface area contributed by atoms with Gasteiger partial charge in [-0.25, -0.2) is 0 Å². The SMILES string of the molecule is Cc1ccc(CN2C(=O)c3oc4ccc(C)cc4c(=O)c3[C@@H]2c2cccc(O)c2)cc1. The zero-order valence-corrected chi connectivity index (χ0v) is 17.3. The van der Waals surface area contributed by atoms with E-state index >= 15 is 0 Å². The van der Waals surface area contributed by atoms with E-state index in [-0.39, 0.29) is 22.8 Å². The topological polar surface area (TPSA) is 70.8 Å². The minimum absolute atomic E-state index is 0.0711. The fourth-order valence-electron chi connectivity index (χ4n) is 4.23. The van der Waals surface area contributed by atoms with Crippen LogP contribution in [-0.2, 0) is 6.54 Å². The van der Waals surface area contributed by atoms with Crippen LogP contribution in [0.2, 0.25) is 0 Å². The van der Waals surface area contributed by atoms with E-state index in [0.717, 1.165) is 16.7 Å². The Bertz CT molecular complexity index is 1390. The van der Waals surface area contributed by atoms with E-state index in [1.165, 1.54) is 0 Å². The standard InChI is InChI=1S/C26H21NO4/c1-15-6-9-17(10-7-15)14-27-23(18-4-3-5-19(28)13-18)22-24(29)20-12-16(2)8-11-21(20)31-25(22)26(27)30/h3-13,23,28H,14H2,1-2H3/t23-/m0/s1. The lowest BCUT2D eigenvalue weighted by Crippen LogP contribution is -2.29. The fraction of sp³-hybridized carbons (Fsp3) is 0.154. The van der Waals surface area contributed by atoms with Crippen LogP contribution in [0.15, 0.2) is 75.9 Å². The van der Waals surface area contributed by atoms with Crippen LogP contribution in [0.3, 0.4) is 0 Å². The summed E-state index contributed by atoms with van der Waals surface area (Å²) in [6, 6.07) is 19.3. The van der Waals surface area contributed by atoms with E-state index in [9.17, 15) is 14.7 Å². The van der Waals surface area contributed by atoms with Crippen LogP contribution in [0, 0.1) is 13.8 Å². The molecule has 0 saturated carbocycles. The summed E-state index contributed by atoms with van der Waals surface area (Å²) in [5, 5.41) is 10.5. The minimum Gasteiger partial charge on any atom is -0.508 e. The molecule has 0 spiro atoms. The lowest BCUT2D eigenvalue weighted by atomic mass is 9.97. The third-order valence-electron chi connectivity index (χ3n) is 5.78. The number of amides is 1. The van der Waals surface area contributed by atoms with Gasteiger partial charge in [-0.2, -0.15) is 0 Å². The summed E-state index contributed by atoms with van der Waals surface area (Å²) >= 11 is 0. The molecule has 0 saturated heterocycles. The molecule has 1 aromatic heterocycles. The number of phenolic OH excluding ortho intramolecular Hbond substituents is 1. The van der Waals surface area contributed by atoms with Crippen molar-refractivity contribution in [3.8, 4) is 5.75 Å². The number of benzene rings is 3. The Morgan fingerprint density at radius 2 is 1.68 bits per heavy atom. The van der Waals surface area contributed by atoms with Gasteiger partial charge in [0.05, 0.1) is 17.0 Å². The summed E-state index contributed by atoms with van der Waals surface area (Å²) in [6.07, 6.45) is 0. The Kier molecular flexibility index (Phi) is 4.40. The molecule has 5 rings (SSSR count). The van der Waals surface area contributed by atoms with Gasteiger partial charge in [-0.3, -0.25) is 9.59 Å². The summed E-state index contributed by atoms with van der Waals surface area (Å²) in [5.41, 5.74) is 4.18. The van der Waals surface area contributed by atoms with E-state index in [1.54, 1.807) is 35.2 Å². The highest BCUT2D eigenvalue weighted by Gasteiger charge is 2.42. The molecule has 1 aliphatic heterocycles. The molecule has 31 heavy (non-hydrogen) atoms. The van der Waals surface area contributed by atoms with Gasteiger partial charge in [-0.05, 0) is 49.2 Å². The summed E-state index contributed by atoms with van der Waals surface area (Å²) in [5.74, 6) is -0.181. The zero-order valence-electron chi connectivity index (χ0n) is 17.3. The third-order valence-corrected chi connectivity index (χ3v) is 5.78. The maximum atomic E-state index is 13.5. The second-order valence-electron chi connectivity index (χ2n) is 8.09. The minimum atomic E-state index is -0.642. The summed E-state index contributed by atoms with van der Waals surface area (Å²) in [6.45, 7) is 4.23. The van der Waals surface area contributed by atoms with Gasteiger partial charge in [0.15, 0.2) is 5.43 Å². The Morgan fingerprint density at radius 1 is 0.935 bits per heavy atom. The Labute approximate surface area is 179 Å². The van der Waals surface area contributed by atoms with Gasteiger partial charge in [0.1, 0.15) is 11.3 Å². The predicted octanol–water partition coefficient (Wildman–Crippen LogP) is 4.86. The molecule has 3 aromatic carbocycles. The van der Waals surface area contributed by atoms with Crippen molar-refractivity contribution < 1.29 is 14.3 Å². The molecule has 1 atom stereocenters. The molecule has 4 aromatic rings. The van der Waals surface area contributed by atoms with Crippen molar-refractivity contribution in [2.45, 2.75) is 26.4 Å². The Morgan fingerprint density at radius 3 is 2.42 bits per heavy atom. The molecular formula is C26H21NO4. The molecule has 5 heteroatoms. The maximum absolute atomic E-state index is 13.5. The summed E-state index contributed by atoms with van der Waals surface area (Å²) in [7, 11) is 0. The molecule has 0 bridgehead atoms. The van der Waals surface area contributed by atoms with Crippen molar-refractivity contribution >= 4 is 16.9 Å². The Balaban J connectivity index is 1.73. The molecule has 0 unspecified atom stereocenters. The average Bonchev–Trinajstić information content (AvgIpc) is 3.02. The first-order chi connectivity index (χ1) is 14.9. The number of phenols is 1. The average molecular weight is 411 g/mol. The lowest BCUT2D eigenvalue weighted by molar-refractivity contribution is 0.0714. The first-order valence-corrected chi connectivity index (χ1v) is 10.1. The number of fused-ring (bicyclic) bond motifs is 2. The number of hydrogen-bond acceptors (Lipinski definition) is 4. The van der Waals surface area contributed by atoms with Gasteiger partial charge in [-0.1, -0.05) is 53.6 Å². The van der Waals surface area contributed by atoms with Crippen LogP contribution in [0.1, 0.15) is 44.4 Å². The normalized spacial score (nSPS) is 15.5. The van der Waals surface area contributed by atoms with Crippen LogP contribution >= 0.6 is 0 Å². The van der Waals surface area contributed by atoms with E-state index in [2.05, 4.69) is 0 Å². The number of carbonyl (C=O) groups excluding carboxylic acids is 1. The maximum Gasteiger partial charge on any atom is 0.291 e. The first-order valence-electron chi connectivity index (χ1n) is 10.1. The number of rotatable bonds is 3. The van der Waals surface area contributed by atoms with Crippen molar-refractivity contribution in [1.29, 1.82) is 0 Å². The third kappa shape index (κ3) is 3.19. The molecule has 1 amide bonds. The smallest absolute Gasteiger partial charge is 0.291 e. The quantitative estimate of drug-likeness (QED) is 0.523. The highest BCUT2D eigenvalue weighted by atomic mass is 16.3. The second-order valence-corrected chi connectivity index (χ2v) is 8.09. The molecule has 0 aliphatic carbocycles. The number of aryl methyl sites for hydroxylation is 2. The molecule has 2 heterocycles. The van der Waals surface area contributed by atoms with Crippen molar-refractivity contribution in [3.05, 3.63) is 111 Å². The molecule has 154 valence electrons. The molecule has 1 aliphatic rings. The van der Waals surface area contributed by atoms with E-state index < -0.39 is 6.04 Å². The van der Waals surface area contributed by atoms with E-state index in [1.807, 2.05) is 50.2 Å². The van der Waals surface area contributed by atoms with Gasteiger partial charge >= 0.3 is 0 Å². The zero-order chi connectivity index (χ0) is 21.7. The van der Waals surface area contributed by atoms with Crippen LogP contribution in [0.5, 0.6) is 5.75 Å². The van der Waals surface area contributed by atoms with Crippen LogP contribution in [0.4, 0.5) is 0 Å². The number of hydrogen-bond donors (Lipinski definition) is 1. The van der Waals surface area contributed by atoms with Crippen molar-refractivity contribution in [1.82, 2.24) is 4.90 Å². The lowest BCUT2D eigenvalue weighted by Gasteiger charge is -2.25. The molecular weight excluding hydrogens is 390 g/mol. The van der Waals surface area contributed by atoms with Gasteiger partial charge in [0, 0.05) is 6.54 Å². The summed E-state index contributed by atoms with van der Waals surface area (Å²) < 4.78 is 5.97. The van der Waals surface area contributed by atoms with Crippen molar-refractivity contribution in [2.75, 3.05) is 0 Å². The van der Waals surface area contributed by atoms with Crippen LogP contribution < -0.4 is 5.43 Å². The number of carbonyl (C=O) groups is 1. The highest BCUT2D eigenvalue weighted by Crippen LogP contribution is 2.39. The van der Waals surface area contributed by atoms with Crippen LogP contribution in [0.25, 0.3) is 11.0 Å². The van der Waals surface area contributed by atoms with Crippen molar-refractivity contribution in [2.24, 2.45) is 0 Å². The van der Waals surface area contributed by atoms with Gasteiger partial charge in [0.25, 0.3) is 5.91 Å². The molecule has 5 nitrogen and oxygen atoms in total. The highest BCUT2D eigenvalue weighted by molar-refractivity contribution is 5.99. The second kappa shape index (κ2) is 7.13. The van der Waals surface area contributed by atoms with Gasteiger partial charge < -0.3 is 14.4 Å². The number of nitrogens with zero attached hydrogens (tertiary/aromatic N) is 1. The predicted molar refractivity (Wildman–Crippen MR) is 118 cm³/mol. The molecule has 0 radical (unpaired) electrons. The molecule has 0 fully saturated rings. The first kappa shape index (κ1) is 19.1. The van der Waals surface area contributed by atoms with Gasteiger partial charge in [-0.15, -0.1) is 0 Å². The van der Waals surface area contributed by atoms with Crippen LogP contribution in [-0.4, -0.2) is 15.9 Å². The van der Waals surface area contributed by atoms with Gasteiger partial charge in [0.2, 0.25) is 5.76 Å².